The summed E-state index contributed by atoms with van der Waals surface area (Å²) in [5, 5.41) is 5.81. The summed E-state index contributed by atoms with van der Waals surface area (Å²) < 4.78 is 4.70. The molecule has 0 saturated carbocycles. The van der Waals surface area contributed by atoms with Crippen molar-refractivity contribution < 1.29 is 14.3 Å². The summed E-state index contributed by atoms with van der Waals surface area (Å²) in [6.07, 6.45) is 0.301. The molecule has 150 valence electrons. The number of esters is 1. The highest BCUT2D eigenvalue weighted by Gasteiger charge is 2.11. The molecule has 0 aliphatic heterocycles. The van der Waals surface area contributed by atoms with Gasteiger partial charge in [-0.15, -0.1) is 23.1 Å². The van der Waals surface area contributed by atoms with Crippen LogP contribution in [0.3, 0.4) is 0 Å². The minimum Gasteiger partial charge on any atom is -0.465 e. The van der Waals surface area contributed by atoms with Crippen molar-refractivity contribution in [3.8, 4) is 11.3 Å². The highest BCUT2D eigenvalue weighted by Crippen LogP contribution is 2.26. The number of rotatable bonds is 7. The van der Waals surface area contributed by atoms with Crippen LogP contribution in [0.1, 0.15) is 29.8 Å². The monoisotopic (exact) mass is 426 g/mol. The van der Waals surface area contributed by atoms with E-state index in [0.29, 0.717) is 22.4 Å². The molecule has 1 aromatic heterocycles. The SMILES string of the molecule is COC(=O)c1ccc(-c2csc(NC(=O)Cc3ccc(SC(C)C)cc3)n2)cc1. The molecule has 0 saturated heterocycles. The fourth-order valence-electron chi connectivity index (χ4n) is 2.67. The van der Waals surface area contributed by atoms with Crippen molar-refractivity contribution >= 4 is 40.1 Å². The third-order valence-corrected chi connectivity index (χ3v) is 5.79. The van der Waals surface area contributed by atoms with Crippen LogP contribution in [0.15, 0.2) is 58.8 Å². The van der Waals surface area contributed by atoms with Gasteiger partial charge in [0.1, 0.15) is 0 Å². The lowest BCUT2D eigenvalue weighted by molar-refractivity contribution is -0.115. The van der Waals surface area contributed by atoms with Crippen LogP contribution in [-0.4, -0.2) is 29.2 Å². The molecule has 0 fully saturated rings. The second kappa shape index (κ2) is 9.71. The Morgan fingerprint density at radius 1 is 1.10 bits per heavy atom. The lowest BCUT2D eigenvalue weighted by atomic mass is 10.1. The molecule has 29 heavy (non-hydrogen) atoms. The van der Waals surface area contributed by atoms with Crippen LogP contribution in [0.25, 0.3) is 11.3 Å². The fourth-order valence-corrected chi connectivity index (χ4v) is 4.24. The minimum atomic E-state index is -0.376. The summed E-state index contributed by atoms with van der Waals surface area (Å²) in [5.41, 5.74) is 3.06. The molecule has 7 heteroatoms. The number of nitrogens with one attached hydrogen (secondary N) is 1. The number of thiazole rings is 1. The standard InChI is InChI=1S/C22H22N2O3S2/c1-14(2)29-18-10-4-15(5-11-18)12-20(25)24-22-23-19(13-28-22)16-6-8-17(9-7-16)21(26)27-3/h4-11,13-14H,12H2,1-3H3,(H,23,24,25). The van der Waals surface area contributed by atoms with E-state index >= 15 is 0 Å². The molecule has 1 heterocycles. The molecule has 2 aromatic carbocycles. The molecule has 0 bridgehead atoms. The summed E-state index contributed by atoms with van der Waals surface area (Å²) in [5.74, 6) is -0.477. The van der Waals surface area contributed by atoms with E-state index in [0.717, 1.165) is 16.8 Å². The molecule has 0 atom stereocenters. The lowest BCUT2D eigenvalue weighted by Gasteiger charge is -2.06. The first-order chi connectivity index (χ1) is 13.9. The third kappa shape index (κ3) is 5.92. The maximum Gasteiger partial charge on any atom is 0.337 e. The number of hydrogen-bond donors (Lipinski definition) is 1. The molecule has 0 unspecified atom stereocenters. The molecule has 5 nitrogen and oxygen atoms in total. The van der Waals surface area contributed by atoms with Gasteiger partial charge in [-0.3, -0.25) is 4.79 Å². The number of carbonyl (C=O) groups is 2. The van der Waals surface area contributed by atoms with Crippen LogP contribution >= 0.6 is 23.1 Å². The zero-order valence-corrected chi connectivity index (χ0v) is 18.1. The Balaban J connectivity index is 1.59. The van der Waals surface area contributed by atoms with E-state index < -0.39 is 0 Å². The predicted molar refractivity (Wildman–Crippen MR) is 119 cm³/mol. The van der Waals surface area contributed by atoms with E-state index in [1.54, 1.807) is 23.9 Å². The van der Waals surface area contributed by atoms with E-state index in [1.807, 2.05) is 41.8 Å². The van der Waals surface area contributed by atoms with Gasteiger partial charge >= 0.3 is 5.97 Å². The van der Waals surface area contributed by atoms with Crippen LogP contribution in [0, 0.1) is 0 Å². The molecule has 3 rings (SSSR count). The topological polar surface area (TPSA) is 68.3 Å². The zero-order chi connectivity index (χ0) is 20.8. The van der Waals surface area contributed by atoms with Gasteiger partial charge in [-0.2, -0.15) is 0 Å². The van der Waals surface area contributed by atoms with Gasteiger partial charge in [0.05, 0.1) is 24.8 Å². The zero-order valence-electron chi connectivity index (χ0n) is 16.5. The molecule has 0 aliphatic carbocycles. The first kappa shape index (κ1) is 21.1. The Morgan fingerprint density at radius 3 is 2.41 bits per heavy atom. The number of anilines is 1. The highest BCUT2D eigenvalue weighted by molar-refractivity contribution is 7.99. The van der Waals surface area contributed by atoms with Crippen molar-refractivity contribution in [3.63, 3.8) is 0 Å². The van der Waals surface area contributed by atoms with Gasteiger partial charge < -0.3 is 10.1 Å². The average Bonchev–Trinajstić information content (AvgIpc) is 3.17. The number of benzene rings is 2. The number of hydrogen-bond acceptors (Lipinski definition) is 6. The Labute approximate surface area is 178 Å². The summed E-state index contributed by atoms with van der Waals surface area (Å²) >= 11 is 3.17. The first-order valence-electron chi connectivity index (χ1n) is 9.14. The van der Waals surface area contributed by atoms with Gasteiger partial charge in [-0.05, 0) is 29.8 Å². The summed E-state index contributed by atoms with van der Waals surface area (Å²) in [4.78, 5) is 29.5. The van der Waals surface area contributed by atoms with Crippen molar-refractivity contribution in [2.24, 2.45) is 0 Å². The molecule has 0 spiro atoms. The van der Waals surface area contributed by atoms with Crippen molar-refractivity contribution in [1.29, 1.82) is 0 Å². The van der Waals surface area contributed by atoms with E-state index in [9.17, 15) is 9.59 Å². The Morgan fingerprint density at radius 2 is 1.79 bits per heavy atom. The highest BCUT2D eigenvalue weighted by atomic mass is 32.2. The quantitative estimate of drug-likeness (QED) is 0.411. The van der Waals surface area contributed by atoms with Gasteiger partial charge in [-0.25, -0.2) is 9.78 Å². The van der Waals surface area contributed by atoms with Gasteiger partial charge in [0, 0.05) is 21.1 Å². The van der Waals surface area contributed by atoms with Crippen LogP contribution < -0.4 is 5.32 Å². The summed E-state index contributed by atoms with van der Waals surface area (Å²) in [6, 6.07) is 15.1. The largest absolute Gasteiger partial charge is 0.465 e. The molecule has 3 aromatic rings. The van der Waals surface area contributed by atoms with Gasteiger partial charge in [0.15, 0.2) is 5.13 Å². The average molecular weight is 427 g/mol. The Kier molecular flexibility index (Phi) is 7.06. The second-order valence-corrected chi connectivity index (χ2v) is 9.15. The van der Waals surface area contributed by atoms with E-state index in [2.05, 4.69) is 24.1 Å². The summed E-state index contributed by atoms with van der Waals surface area (Å²) in [6.45, 7) is 4.31. The Bertz CT molecular complexity index is 980. The molecule has 0 aliphatic rings. The molecule has 1 N–H and O–H groups in total. The fraction of sp³-hybridized carbons (Fsp3) is 0.227. The van der Waals surface area contributed by atoms with E-state index in [4.69, 9.17) is 4.74 Å². The number of amides is 1. The number of nitrogens with zero attached hydrogens (tertiary/aromatic N) is 1. The van der Waals surface area contributed by atoms with Crippen molar-refractivity contribution in [3.05, 3.63) is 65.0 Å². The molecule has 1 amide bonds. The maximum absolute atomic E-state index is 12.3. The first-order valence-corrected chi connectivity index (χ1v) is 10.9. The van der Waals surface area contributed by atoms with Crippen molar-refractivity contribution in [1.82, 2.24) is 4.98 Å². The Hall–Kier alpha value is -2.64. The van der Waals surface area contributed by atoms with Gasteiger partial charge in [0.2, 0.25) is 5.91 Å². The number of aromatic nitrogens is 1. The number of methoxy groups -OCH3 is 1. The second-order valence-electron chi connectivity index (χ2n) is 6.64. The van der Waals surface area contributed by atoms with Crippen LogP contribution in [0.5, 0.6) is 0 Å². The number of carbonyl (C=O) groups excluding carboxylic acids is 2. The molecular weight excluding hydrogens is 404 g/mol. The van der Waals surface area contributed by atoms with Crippen molar-refractivity contribution in [2.45, 2.75) is 30.4 Å². The maximum atomic E-state index is 12.3. The molecular formula is C22H22N2O3S2. The van der Waals surface area contributed by atoms with Crippen LogP contribution in [0.2, 0.25) is 0 Å². The number of ether oxygens (including phenoxy) is 1. The minimum absolute atomic E-state index is 0.101. The third-order valence-electron chi connectivity index (χ3n) is 4.01. The predicted octanol–water partition coefficient (Wildman–Crippen LogP) is 5.28. The van der Waals surface area contributed by atoms with Gasteiger partial charge in [0.25, 0.3) is 0 Å². The van der Waals surface area contributed by atoms with E-state index in [1.165, 1.54) is 23.3 Å². The lowest BCUT2D eigenvalue weighted by Crippen LogP contribution is -2.14. The van der Waals surface area contributed by atoms with Crippen LogP contribution in [-0.2, 0) is 16.0 Å². The normalized spacial score (nSPS) is 10.8. The van der Waals surface area contributed by atoms with Crippen LogP contribution in [0.4, 0.5) is 5.13 Å². The van der Waals surface area contributed by atoms with E-state index in [-0.39, 0.29) is 11.9 Å². The molecule has 0 radical (unpaired) electrons. The van der Waals surface area contributed by atoms with Gasteiger partial charge in [-0.1, -0.05) is 38.1 Å². The number of thioether (sulfide) groups is 1. The smallest absolute Gasteiger partial charge is 0.337 e. The van der Waals surface area contributed by atoms with Crippen molar-refractivity contribution in [2.75, 3.05) is 12.4 Å². The summed E-state index contributed by atoms with van der Waals surface area (Å²) in [7, 11) is 1.35.